The third-order valence-electron chi connectivity index (χ3n) is 6.27. The lowest BCUT2D eigenvalue weighted by Gasteiger charge is -2.35. The number of primary amides is 1. The number of benzene rings is 1. The molecule has 1 aromatic carbocycles. The zero-order valence-electron chi connectivity index (χ0n) is 18.4. The number of amides is 1. The molecule has 0 aromatic heterocycles. The third kappa shape index (κ3) is 6.71. The summed E-state index contributed by atoms with van der Waals surface area (Å²) in [5.74, 6) is -0.592. The Morgan fingerprint density at radius 2 is 1.88 bits per heavy atom. The molecule has 0 aliphatic heterocycles. The highest BCUT2D eigenvalue weighted by Crippen LogP contribution is 2.34. The van der Waals surface area contributed by atoms with Crippen molar-refractivity contribution in [1.29, 1.82) is 5.26 Å². The number of hydrogen-bond acceptors (Lipinski definition) is 5. The normalized spacial score (nSPS) is 25.2. The first-order valence-corrected chi connectivity index (χ1v) is 11.0. The summed E-state index contributed by atoms with van der Waals surface area (Å²) in [6, 6.07) is 6.95. The van der Waals surface area contributed by atoms with Gasteiger partial charge in [0.2, 0.25) is 0 Å². The summed E-state index contributed by atoms with van der Waals surface area (Å²) >= 11 is 0. The predicted octanol–water partition coefficient (Wildman–Crippen LogP) is 3.10. The van der Waals surface area contributed by atoms with Crippen molar-refractivity contribution in [3.63, 3.8) is 0 Å². The average molecular weight is 463 g/mol. The quantitative estimate of drug-likeness (QED) is 0.268. The van der Waals surface area contributed by atoms with Crippen LogP contribution in [0.4, 0.5) is 18.9 Å². The summed E-state index contributed by atoms with van der Waals surface area (Å²) in [7, 11) is 0. The molecule has 0 saturated heterocycles. The fourth-order valence-corrected chi connectivity index (χ4v) is 4.15. The van der Waals surface area contributed by atoms with Crippen LogP contribution in [0.2, 0.25) is 0 Å². The summed E-state index contributed by atoms with van der Waals surface area (Å²) in [4.78, 5) is 15.9. The lowest BCUT2D eigenvalue weighted by molar-refractivity contribution is -0.137. The number of halogens is 3. The van der Waals surface area contributed by atoms with Crippen LogP contribution >= 0.6 is 0 Å². The van der Waals surface area contributed by atoms with E-state index in [2.05, 4.69) is 28.6 Å². The van der Waals surface area contributed by atoms with Gasteiger partial charge in [0.05, 0.1) is 28.8 Å². The number of carbonyl (C=O) groups excluding carboxylic acids is 1. The van der Waals surface area contributed by atoms with Gasteiger partial charge < -0.3 is 22.1 Å². The second-order valence-corrected chi connectivity index (χ2v) is 8.78. The number of alkyl halides is 3. The fourth-order valence-electron chi connectivity index (χ4n) is 4.15. The lowest BCUT2D eigenvalue weighted by atomic mass is 9.82. The highest BCUT2D eigenvalue weighted by Gasteiger charge is 2.34. The maximum Gasteiger partial charge on any atom is 0.416 e. The van der Waals surface area contributed by atoms with E-state index in [9.17, 15) is 23.2 Å². The number of carbonyl (C=O) groups is 1. The van der Waals surface area contributed by atoms with Gasteiger partial charge in [0.15, 0.2) is 0 Å². The van der Waals surface area contributed by atoms with E-state index in [1.54, 1.807) is 0 Å². The van der Waals surface area contributed by atoms with E-state index in [1.807, 2.05) is 0 Å². The van der Waals surface area contributed by atoms with Gasteiger partial charge in [-0.3, -0.25) is 4.79 Å². The Bertz CT molecular complexity index is 946. The summed E-state index contributed by atoms with van der Waals surface area (Å²) in [6.45, 7) is 2.18. The molecule has 10 heteroatoms. The van der Waals surface area contributed by atoms with Gasteiger partial charge >= 0.3 is 6.18 Å². The van der Waals surface area contributed by atoms with Gasteiger partial charge in [0.1, 0.15) is 5.84 Å². The Hall–Kier alpha value is -3.06. The van der Waals surface area contributed by atoms with Crippen LogP contribution in [0.5, 0.6) is 0 Å². The van der Waals surface area contributed by atoms with Crippen LogP contribution in [-0.4, -0.2) is 29.9 Å². The van der Waals surface area contributed by atoms with Crippen molar-refractivity contribution >= 4 is 17.4 Å². The topological polar surface area (TPSA) is 129 Å². The van der Waals surface area contributed by atoms with E-state index in [0.29, 0.717) is 12.5 Å². The molecule has 2 aliphatic rings. The Kier molecular flexibility index (Phi) is 7.64. The number of hydrogen-bond donors (Lipinski definition) is 4. The molecule has 2 unspecified atom stereocenters. The molecule has 2 aliphatic carbocycles. The molecule has 6 N–H and O–H groups in total. The monoisotopic (exact) mass is 462 g/mol. The number of nitrogens with zero attached hydrogens (tertiary/aromatic N) is 2. The van der Waals surface area contributed by atoms with Gasteiger partial charge in [-0.1, -0.05) is 0 Å². The molecule has 1 amide bonds. The van der Waals surface area contributed by atoms with Gasteiger partial charge in [0, 0.05) is 24.3 Å². The van der Waals surface area contributed by atoms with E-state index in [-0.39, 0.29) is 35.1 Å². The largest absolute Gasteiger partial charge is 0.416 e. The van der Waals surface area contributed by atoms with Gasteiger partial charge in [-0.25, -0.2) is 4.99 Å². The molecular formula is C23H29F3N6O. The highest BCUT2D eigenvalue weighted by atomic mass is 19.4. The lowest BCUT2D eigenvalue weighted by Crippen LogP contribution is -2.47. The number of nitrogens with one attached hydrogen (secondary N) is 2. The van der Waals surface area contributed by atoms with Gasteiger partial charge in [-0.2, -0.15) is 18.4 Å². The molecule has 0 radical (unpaired) electrons. The maximum absolute atomic E-state index is 12.7. The third-order valence-corrected chi connectivity index (χ3v) is 6.27. The van der Waals surface area contributed by atoms with Crippen LogP contribution in [0.3, 0.4) is 0 Å². The SMILES string of the molecule is C[C@H](NC1CC[C@H](N/C=C(/C(N)=O)C(N)=Nc2ccc(C(F)(F)F)cc2)C(C#N)C1)C1CC1. The highest BCUT2D eigenvalue weighted by molar-refractivity contribution is 6.20. The van der Waals surface area contributed by atoms with Crippen molar-refractivity contribution in [2.75, 3.05) is 0 Å². The molecule has 0 spiro atoms. The second-order valence-electron chi connectivity index (χ2n) is 8.78. The minimum Gasteiger partial charge on any atom is -0.386 e. The van der Waals surface area contributed by atoms with E-state index >= 15 is 0 Å². The number of rotatable bonds is 8. The van der Waals surface area contributed by atoms with Crippen molar-refractivity contribution in [3.8, 4) is 6.07 Å². The average Bonchev–Trinajstić information content (AvgIpc) is 3.59. The first-order chi connectivity index (χ1) is 15.6. The standard InChI is InChI=1S/C23H29F3N6O/c1-13(14-2-3-14)31-18-8-9-20(15(10-18)11-27)30-12-19(22(29)33)21(28)32-17-6-4-16(5-7-17)23(24,25)26/h4-7,12-15,18,20,30-31H,2-3,8-10H2,1H3,(H2,28,32)(H2,29,33)/b19-12+/t13-,15?,18?,20-/m0/s1. The fraction of sp³-hybridized carbons (Fsp3) is 0.522. The van der Waals surface area contributed by atoms with Crippen LogP contribution in [0.1, 0.15) is 44.6 Å². The first kappa shape index (κ1) is 24.6. The van der Waals surface area contributed by atoms with Crippen LogP contribution in [-0.2, 0) is 11.0 Å². The maximum atomic E-state index is 12.7. The van der Waals surface area contributed by atoms with Crippen LogP contribution < -0.4 is 22.1 Å². The molecular weight excluding hydrogens is 433 g/mol. The smallest absolute Gasteiger partial charge is 0.386 e. The minimum atomic E-state index is -4.46. The first-order valence-electron chi connectivity index (χ1n) is 11.0. The van der Waals surface area contributed by atoms with Crippen LogP contribution in [0.25, 0.3) is 0 Å². The molecule has 0 heterocycles. The summed E-state index contributed by atoms with van der Waals surface area (Å²) < 4.78 is 38.1. The number of nitriles is 1. The van der Waals surface area contributed by atoms with E-state index < -0.39 is 17.6 Å². The van der Waals surface area contributed by atoms with Gasteiger partial charge in [0.25, 0.3) is 5.91 Å². The molecule has 7 nitrogen and oxygen atoms in total. The molecule has 2 saturated carbocycles. The Morgan fingerprint density at radius 1 is 1.21 bits per heavy atom. The number of amidine groups is 1. The molecule has 4 atom stereocenters. The van der Waals surface area contributed by atoms with Crippen molar-refractivity contribution < 1.29 is 18.0 Å². The van der Waals surface area contributed by atoms with Crippen molar-refractivity contribution in [3.05, 3.63) is 41.6 Å². The predicted molar refractivity (Wildman–Crippen MR) is 119 cm³/mol. The summed E-state index contributed by atoms with van der Waals surface area (Å²) in [5.41, 5.74) is 10.6. The second kappa shape index (κ2) is 10.3. The van der Waals surface area contributed by atoms with Gasteiger partial charge in [-0.05, 0) is 69.2 Å². The summed E-state index contributed by atoms with van der Waals surface area (Å²) in [5, 5.41) is 16.3. The molecule has 33 heavy (non-hydrogen) atoms. The number of aliphatic imine (C=N–C) groups is 1. The van der Waals surface area contributed by atoms with E-state index in [0.717, 1.165) is 43.0 Å². The Balaban J connectivity index is 1.65. The number of nitrogens with two attached hydrogens (primary N) is 2. The molecule has 178 valence electrons. The van der Waals surface area contributed by atoms with E-state index in [4.69, 9.17) is 11.5 Å². The van der Waals surface area contributed by atoms with Crippen molar-refractivity contribution in [1.82, 2.24) is 10.6 Å². The van der Waals surface area contributed by atoms with Crippen LogP contribution in [0, 0.1) is 23.2 Å². The Morgan fingerprint density at radius 3 is 2.42 bits per heavy atom. The van der Waals surface area contributed by atoms with E-state index in [1.165, 1.54) is 19.0 Å². The molecule has 0 bridgehead atoms. The molecule has 2 fully saturated rings. The summed E-state index contributed by atoms with van der Waals surface area (Å²) in [6.07, 6.45) is 1.71. The molecule has 3 rings (SSSR count). The zero-order valence-corrected chi connectivity index (χ0v) is 18.4. The van der Waals surface area contributed by atoms with Crippen molar-refractivity contribution in [2.24, 2.45) is 28.3 Å². The minimum absolute atomic E-state index is 0.103. The molecule has 1 aromatic rings. The Labute approximate surface area is 191 Å². The zero-order chi connectivity index (χ0) is 24.2. The van der Waals surface area contributed by atoms with Crippen LogP contribution in [0.15, 0.2) is 41.0 Å². The van der Waals surface area contributed by atoms with Gasteiger partial charge in [-0.15, -0.1) is 0 Å². The van der Waals surface area contributed by atoms with Crippen molar-refractivity contribution in [2.45, 2.75) is 63.3 Å².